The van der Waals surface area contributed by atoms with E-state index < -0.39 is 11.2 Å². The van der Waals surface area contributed by atoms with Gasteiger partial charge in [0.25, 0.3) is 0 Å². The molecular weight excluding hydrogens is 238 g/mol. The monoisotopic (exact) mass is 259 g/mol. The maximum absolute atomic E-state index is 12.1. The predicted octanol–water partition coefficient (Wildman–Crippen LogP) is 1.98. The number of amides is 1. The summed E-state index contributed by atoms with van der Waals surface area (Å²) in [6.45, 7) is 5.30. The van der Waals surface area contributed by atoms with Gasteiger partial charge in [-0.15, -0.1) is 11.8 Å². The number of thioether (sulfide) groups is 1. The summed E-state index contributed by atoms with van der Waals surface area (Å²) >= 11 is 1.26. The first-order valence-electron chi connectivity index (χ1n) is 6.23. The topological polar surface area (TPSA) is 57.6 Å². The molecular formula is C12H21NO3S. The van der Waals surface area contributed by atoms with Gasteiger partial charge in [0.1, 0.15) is 5.25 Å². The molecule has 0 aliphatic carbocycles. The maximum atomic E-state index is 12.1. The van der Waals surface area contributed by atoms with Gasteiger partial charge in [-0.3, -0.25) is 9.59 Å². The standard InChI is InChI=1S/C12H21NO3S/c1-3-10(12(15)16)17-9(2)11(14)13-7-5-4-6-8-13/h9-10H,3-8H2,1-2H3,(H,15,16). The van der Waals surface area contributed by atoms with Crippen molar-refractivity contribution in [3.63, 3.8) is 0 Å². The molecule has 0 saturated carbocycles. The van der Waals surface area contributed by atoms with Crippen LogP contribution in [0, 0.1) is 0 Å². The van der Waals surface area contributed by atoms with E-state index in [0.717, 1.165) is 25.9 Å². The lowest BCUT2D eigenvalue weighted by atomic mass is 10.1. The smallest absolute Gasteiger partial charge is 0.316 e. The number of likely N-dealkylation sites (tertiary alicyclic amines) is 1. The number of piperidine rings is 1. The highest BCUT2D eigenvalue weighted by Crippen LogP contribution is 2.23. The minimum absolute atomic E-state index is 0.0920. The molecule has 1 aliphatic heterocycles. The molecule has 5 heteroatoms. The van der Waals surface area contributed by atoms with Crippen LogP contribution in [-0.2, 0) is 9.59 Å². The zero-order valence-corrected chi connectivity index (χ0v) is 11.3. The molecule has 1 saturated heterocycles. The number of hydrogen-bond donors (Lipinski definition) is 1. The molecule has 0 radical (unpaired) electrons. The molecule has 1 rings (SSSR count). The van der Waals surface area contributed by atoms with E-state index in [2.05, 4.69) is 0 Å². The van der Waals surface area contributed by atoms with E-state index in [1.165, 1.54) is 18.2 Å². The number of carboxylic acids is 1. The lowest BCUT2D eigenvalue weighted by Gasteiger charge is -2.29. The highest BCUT2D eigenvalue weighted by Gasteiger charge is 2.27. The molecule has 1 amide bonds. The summed E-state index contributed by atoms with van der Waals surface area (Å²) < 4.78 is 0. The SMILES string of the molecule is CCC(SC(C)C(=O)N1CCCCC1)C(=O)O. The number of hydrogen-bond acceptors (Lipinski definition) is 3. The highest BCUT2D eigenvalue weighted by molar-refractivity contribution is 8.01. The van der Waals surface area contributed by atoms with Crippen LogP contribution in [0.3, 0.4) is 0 Å². The lowest BCUT2D eigenvalue weighted by molar-refractivity contribution is -0.136. The van der Waals surface area contributed by atoms with Crippen LogP contribution in [0.4, 0.5) is 0 Å². The number of rotatable bonds is 5. The van der Waals surface area contributed by atoms with E-state index in [4.69, 9.17) is 5.11 Å². The van der Waals surface area contributed by atoms with E-state index >= 15 is 0 Å². The first-order valence-corrected chi connectivity index (χ1v) is 7.17. The fourth-order valence-electron chi connectivity index (χ4n) is 2.01. The van der Waals surface area contributed by atoms with Gasteiger partial charge < -0.3 is 10.0 Å². The number of aliphatic carboxylic acids is 1. The third kappa shape index (κ3) is 4.22. The molecule has 2 unspecified atom stereocenters. The quantitative estimate of drug-likeness (QED) is 0.820. The summed E-state index contributed by atoms with van der Waals surface area (Å²) in [4.78, 5) is 24.9. The normalized spacial score (nSPS) is 19.8. The Kier molecular flexibility index (Phi) is 5.82. The van der Waals surface area contributed by atoms with Crippen molar-refractivity contribution in [2.75, 3.05) is 13.1 Å². The second kappa shape index (κ2) is 6.89. The third-order valence-corrected chi connectivity index (χ3v) is 4.50. The van der Waals surface area contributed by atoms with Crippen molar-refractivity contribution in [1.29, 1.82) is 0 Å². The summed E-state index contributed by atoms with van der Waals surface area (Å²) in [7, 11) is 0. The van der Waals surface area contributed by atoms with Crippen LogP contribution in [0.5, 0.6) is 0 Å². The second-order valence-corrected chi connectivity index (χ2v) is 5.95. The van der Waals surface area contributed by atoms with Crippen molar-refractivity contribution in [3.05, 3.63) is 0 Å². The average molecular weight is 259 g/mol. The van der Waals surface area contributed by atoms with E-state index in [1.807, 2.05) is 18.7 Å². The molecule has 0 aromatic carbocycles. The molecule has 0 aromatic heterocycles. The first kappa shape index (κ1) is 14.4. The Morgan fingerprint density at radius 3 is 2.35 bits per heavy atom. The van der Waals surface area contributed by atoms with Crippen molar-refractivity contribution < 1.29 is 14.7 Å². The molecule has 0 spiro atoms. The summed E-state index contributed by atoms with van der Waals surface area (Å²) in [6, 6.07) is 0. The molecule has 4 nitrogen and oxygen atoms in total. The average Bonchev–Trinajstić information content (AvgIpc) is 2.35. The van der Waals surface area contributed by atoms with E-state index in [9.17, 15) is 9.59 Å². The number of carboxylic acid groups (broad SMARTS) is 1. The van der Waals surface area contributed by atoms with Crippen LogP contribution in [0.1, 0.15) is 39.5 Å². The Hall–Kier alpha value is -0.710. The highest BCUT2D eigenvalue weighted by atomic mass is 32.2. The van der Waals surface area contributed by atoms with E-state index in [-0.39, 0.29) is 11.2 Å². The fourth-order valence-corrected chi connectivity index (χ4v) is 3.07. The summed E-state index contributed by atoms with van der Waals surface area (Å²) in [5, 5.41) is 8.24. The molecule has 1 fully saturated rings. The molecule has 98 valence electrons. The van der Waals surface area contributed by atoms with E-state index in [1.54, 1.807) is 0 Å². The fraction of sp³-hybridized carbons (Fsp3) is 0.833. The summed E-state index contributed by atoms with van der Waals surface area (Å²) in [5.41, 5.74) is 0. The molecule has 1 aliphatic rings. The maximum Gasteiger partial charge on any atom is 0.316 e. The van der Waals surface area contributed by atoms with Gasteiger partial charge in [-0.2, -0.15) is 0 Å². The molecule has 0 bridgehead atoms. The van der Waals surface area contributed by atoms with Crippen LogP contribution in [-0.4, -0.2) is 45.5 Å². The third-order valence-electron chi connectivity index (χ3n) is 3.03. The van der Waals surface area contributed by atoms with Crippen LogP contribution in [0.2, 0.25) is 0 Å². The predicted molar refractivity (Wildman–Crippen MR) is 69.2 cm³/mol. The minimum atomic E-state index is -0.823. The summed E-state index contributed by atoms with van der Waals surface area (Å²) in [6.07, 6.45) is 3.88. The first-order chi connectivity index (χ1) is 8.06. The number of nitrogens with zero attached hydrogens (tertiary/aromatic N) is 1. The van der Waals surface area contributed by atoms with Gasteiger partial charge in [-0.05, 0) is 32.6 Å². The second-order valence-electron chi connectivity index (χ2n) is 4.40. The number of carbonyl (C=O) groups is 2. The molecule has 17 heavy (non-hydrogen) atoms. The van der Waals surface area contributed by atoms with Crippen LogP contribution in [0.25, 0.3) is 0 Å². The Balaban J connectivity index is 2.47. The van der Waals surface area contributed by atoms with Gasteiger partial charge in [-0.25, -0.2) is 0 Å². The van der Waals surface area contributed by atoms with Gasteiger partial charge >= 0.3 is 5.97 Å². The van der Waals surface area contributed by atoms with Crippen LogP contribution in [0.15, 0.2) is 0 Å². The van der Waals surface area contributed by atoms with E-state index in [0.29, 0.717) is 6.42 Å². The zero-order valence-electron chi connectivity index (χ0n) is 10.5. The van der Waals surface area contributed by atoms with Gasteiger partial charge in [0.05, 0.1) is 5.25 Å². The van der Waals surface area contributed by atoms with Crippen molar-refractivity contribution in [2.45, 2.75) is 50.0 Å². The van der Waals surface area contributed by atoms with Crippen molar-refractivity contribution in [1.82, 2.24) is 4.90 Å². The van der Waals surface area contributed by atoms with Crippen LogP contribution < -0.4 is 0 Å². The van der Waals surface area contributed by atoms with Gasteiger partial charge in [0, 0.05) is 13.1 Å². The van der Waals surface area contributed by atoms with Gasteiger partial charge in [0.15, 0.2) is 0 Å². The van der Waals surface area contributed by atoms with Crippen molar-refractivity contribution >= 4 is 23.6 Å². The van der Waals surface area contributed by atoms with Crippen molar-refractivity contribution in [3.8, 4) is 0 Å². The lowest BCUT2D eigenvalue weighted by Crippen LogP contribution is -2.41. The van der Waals surface area contributed by atoms with Gasteiger partial charge in [-0.1, -0.05) is 6.92 Å². The van der Waals surface area contributed by atoms with Crippen molar-refractivity contribution in [2.24, 2.45) is 0 Å². The molecule has 0 aromatic rings. The minimum Gasteiger partial charge on any atom is -0.480 e. The zero-order chi connectivity index (χ0) is 12.8. The van der Waals surface area contributed by atoms with Crippen LogP contribution >= 0.6 is 11.8 Å². The summed E-state index contributed by atoms with van der Waals surface area (Å²) in [5.74, 6) is -0.731. The number of carbonyl (C=O) groups excluding carboxylic acids is 1. The Labute approximate surface area is 107 Å². The molecule has 2 atom stereocenters. The molecule has 1 N–H and O–H groups in total. The van der Waals surface area contributed by atoms with Gasteiger partial charge in [0.2, 0.25) is 5.91 Å². The Morgan fingerprint density at radius 2 is 1.88 bits per heavy atom. The Bertz CT molecular complexity index is 277. The molecule has 1 heterocycles. The largest absolute Gasteiger partial charge is 0.480 e. The Morgan fingerprint density at radius 1 is 1.29 bits per heavy atom.